The molecule has 1 amide bonds. The van der Waals surface area contributed by atoms with Crippen LogP contribution in [-0.2, 0) is 4.79 Å². The molecular weight excluding hydrogens is 398 g/mol. The van der Waals surface area contributed by atoms with Crippen LogP contribution in [0.4, 0.5) is 10.3 Å². The average molecular weight is 420 g/mol. The van der Waals surface area contributed by atoms with E-state index >= 15 is 0 Å². The first-order chi connectivity index (χ1) is 13.2. The minimum atomic E-state index is -0.287. The third kappa shape index (κ3) is 5.75. The normalized spacial score (nSPS) is 11.9. The fraction of sp³-hybridized carbons (Fsp3) is 0.333. The van der Waals surface area contributed by atoms with Gasteiger partial charge in [-0.05, 0) is 13.3 Å². The molecule has 27 heavy (non-hydrogen) atoms. The van der Waals surface area contributed by atoms with Crippen molar-refractivity contribution in [3.05, 3.63) is 35.7 Å². The average Bonchev–Trinajstić information content (AvgIpc) is 3.32. The quantitative estimate of drug-likeness (QED) is 0.376. The third-order valence-corrected chi connectivity index (χ3v) is 6.49. The second-order valence-electron chi connectivity index (χ2n) is 5.81. The van der Waals surface area contributed by atoms with Crippen LogP contribution >= 0.6 is 34.4 Å². The number of unbranched alkanes of at least 4 members (excludes halogenated alkanes) is 1. The van der Waals surface area contributed by atoms with Crippen LogP contribution < -0.4 is 10.6 Å². The highest BCUT2D eigenvalue weighted by Gasteiger charge is 2.18. The van der Waals surface area contributed by atoms with Crippen molar-refractivity contribution in [3.8, 4) is 11.3 Å². The van der Waals surface area contributed by atoms with Gasteiger partial charge in [0.25, 0.3) is 0 Å². The van der Waals surface area contributed by atoms with Crippen LogP contribution in [0.1, 0.15) is 26.7 Å². The molecule has 142 valence electrons. The fourth-order valence-corrected chi connectivity index (χ4v) is 4.83. The molecule has 1 atom stereocenters. The van der Waals surface area contributed by atoms with Crippen LogP contribution in [0.5, 0.6) is 0 Å². The van der Waals surface area contributed by atoms with Crippen LogP contribution in [0.25, 0.3) is 11.3 Å². The largest absolute Gasteiger partial charge is 0.360 e. The number of carbonyl (C=O) groups is 1. The number of thiazole rings is 1. The second-order valence-corrected chi connectivity index (χ2v) is 9.23. The molecule has 2 heterocycles. The van der Waals surface area contributed by atoms with Gasteiger partial charge >= 0.3 is 0 Å². The maximum Gasteiger partial charge on any atom is 0.239 e. The zero-order chi connectivity index (χ0) is 19.1. The first kappa shape index (κ1) is 19.8. The molecule has 0 aliphatic carbocycles. The Morgan fingerprint density at radius 1 is 1.22 bits per heavy atom. The Labute approximate surface area is 170 Å². The molecule has 6 nitrogen and oxygen atoms in total. The number of aromatic nitrogens is 3. The number of nitrogens with one attached hydrogen (secondary N) is 2. The van der Waals surface area contributed by atoms with Gasteiger partial charge in [0, 0.05) is 17.5 Å². The summed E-state index contributed by atoms with van der Waals surface area (Å²) in [6.07, 6.45) is 2.23. The van der Waals surface area contributed by atoms with Crippen LogP contribution in [-0.4, -0.2) is 32.9 Å². The lowest BCUT2D eigenvalue weighted by Crippen LogP contribution is -2.22. The van der Waals surface area contributed by atoms with E-state index in [4.69, 9.17) is 0 Å². The van der Waals surface area contributed by atoms with Gasteiger partial charge in [-0.2, -0.15) is 0 Å². The van der Waals surface area contributed by atoms with E-state index in [2.05, 4.69) is 32.7 Å². The summed E-state index contributed by atoms with van der Waals surface area (Å²) in [5.74, 6) is -0.0929. The summed E-state index contributed by atoms with van der Waals surface area (Å²) >= 11 is 4.30. The van der Waals surface area contributed by atoms with Crippen LogP contribution in [0.2, 0.25) is 0 Å². The second kappa shape index (κ2) is 9.82. The van der Waals surface area contributed by atoms with E-state index in [0.717, 1.165) is 40.1 Å². The molecule has 0 aliphatic heterocycles. The number of anilines is 2. The standard InChI is InChI=1S/C18H21N5OS3/c1-3-4-10-19-16-22-23-18(27-16)26-12(2)15(24)21-17-20-14(11-25-17)13-8-6-5-7-9-13/h5-9,11-12H,3-4,10H2,1-2H3,(H,19,22)(H,20,21,24). The minimum absolute atomic E-state index is 0.0929. The molecule has 2 aromatic heterocycles. The molecule has 3 aromatic rings. The Balaban J connectivity index is 1.53. The first-order valence-corrected chi connectivity index (χ1v) is 11.3. The molecule has 9 heteroatoms. The molecule has 1 unspecified atom stereocenters. The van der Waals surface area contributed by atoms with Crippen molar-refractivity contribution in [1.29, 1.82) is 0 Å². The lowest BCUT2D eigenvalue weighted by atomic mass is 10.2. The topological polar surface area (TPSA) is 79.8 Å². The lowest BCUT2D eigenvalue weighted by Gasteiger charge is -2.07. The number of hydrogen-bond acceptors (Lipinski definition) is 8. The molecule has 0 bridgehead atoms. The third-order valence-electron chi connectivity index (χ3n) is 3.66. The highest BCUT2D eigenvalue weighted by atomic mass is 32.2. The first-order valence-electron chi connectivity index (χ1n) is 8.71. The molecule has 0 spiro atoms. The van der Waals surface area contributed by atoms with Crippen molar-refractivity contribution in [2.45, 2.75) is 36.3 Å². The van der Waals surface area contributed by atoms with E-state index in [0.29, 0.717) is 5.13 Å². The zero-order valence-electron chi connectivity index (χ0n) is 15.1. The number of hydrogen-bond donors (Lipinski definition) is 2. The van der Waals surface area contributed by atoms with E-state index in [-0.39, 0.29) is 11.2 Å². The smallest absolute Gasteiger partial charge is 0.239 e. The summed E-state index contributed by atoms with van der Waals surface area (Å²) in [4.78, 5) is 17.0. The number of carbonyl (C=O) groups excluding carboxylic acids is 1. The van der Waals surface area contributed by atoms with E-state index in [1.807, 2.05) is 42.6 Å². The van der Waals surface area contributed by atoms with Gasteiger partial charge < -0.3 is 10.6 Å². The Bertz CT molecular complexity index is 865. The number of thioether (sulfide) groups is 1. The van der Waals surface area contributed by atoms with Crippen molar-refractivity contribution < 1.29 is 4.79 Å². The van der Waals surface area contributed by atoms with E-state index < -0.39 is 0 Å². The van der Waals surface area contributed by atoms with Gasteiger partial charge in [0.15, 0.2) is 9.47 Å². The molecular formula is C18H21N5OS3. The Kier molecular flexibility index (Phi) is 7.19. The maximum absolute atomic E-state index is 12.5. The van der Waals surface area contributed by atoms with Crippen molar-refractivity contribution in [2.24, 2.45) is 0 Å². The van der Waals surface area contributed by atoms with Gasteiger partial charge in [-0.3, -0.25) is 4.79 Å². The van der Waals surface area contributed by atoms with Gasteiger partial charge in [0.1, 0.15) is 0 Å². The lowest BCUT2D eigenvalue weighted by molar-refractivity contribution is -0.115. The Morgan fingerprint density at radius 3 is 2.81 bits per heavy atom. The number of rotatable bonds is 9. The minimum Gasteiger partial charge on any atom is -0.360 e. The van der Waals surface area contributed by atoms with Crippen molar-refractivity contribution >= 4 is 50.6 Å². The van der Waals surface area contributed by atoms with E-state index in [1.165, 1.54) is 34.4 Å². The molecule has 0 aliphatic rings. The molecule has 1 aromatic carbocycles. The molecule has 2 N–H and O–H groups in total. The predicted octanol–water partition coefficient (Wildman–Crippen LogP) is 4.99. The summed E-state index contributed by atoms with van der Waals surface area (Å²) in [5, 5.41) is 17.5. The summed E-state index contributed by atoms with van der Waals surface area (Å²) in [6.45, 7) is 4.89. The maximum atomic E-state index is 12.5. The highest BCUT2D eigenvalue weighted by Crippen LogP contribution is 2.30. The predicted molar refractivity (Wildman–Crippen MR) is 115 cm³/mol. The van der Waals surface area contributed by atoms with Crippen LogP contribution in [0.15, 0.2) is 40.1 Å². The molecule has 0 fully saturated rings. The highest BCUT2D eigenvalue weighted by molar-refractivity contribution is 8.02. The molecule has 0 radical (unpaired) electrons. The van der Waals surface area contributed by atoms with E-state index in [9.17, 15) is 4.79 Å². The monoisotopic (exact) mass is 419 g/mol. The summed E-state index contributed by atoms with van der Waals surface area (Å²) in [6, 6.07) is 9.91. The van der Waals surface area contributed by atoms with Gasteiger partial charge in [0.2, 0.25) is 11.0 Å². The number of nitrogens with zero attached hydrogens (tertiary/aromatic N) is 3. The number of amides is 1. The molecule has 0 saturated carbocycles. The van der Waals surface area contributed by atoms with Crippen molar-refractivity contribution in [2.75, 3.05) is 17.2 Å². The molecule has 3 rings (SSSR count). The van der Waals surface area contributed by atoms with Crippen molar-refractivity contribution in [3.63, 3.8) is 0 Å². The Morgan fingerprint density at radius 2 is 2.04 bits per heavy atom. The zero-order valence-corrected chi connectivity index (χ0v) is 17.6. The number of benzene rings is 1. The van der Waals surface area contributed by atoms with Gasteiger partial charge in [0.05, 0.1) is 10.9 Å². The Hall–Kier alpha value is -1.97. The van der Waals surface area contributed by atoms with Gasteiger partial charge in [-0.25, -0.2) is 4.98 Å². The summed E-state index contributed by atoms with van der Waals surface area (Å²) in [7, 11) is 0. The van der Waals surface area contributed by atoms with Crippen LogP contribution in [0, 0.1) is 0 Å². The van der Waals surface area contributed by atoms with E-state index in [1.54, 1.807) is 0 Å². The van der Waals surface area contributed by atoms with Gasteiger partial charge in [-0.15, -0.1) is 21.5 Å². The van der Waals surface area contributed by atoms with Crippen molar-refractivity contribution in [1.82, 2.24) is 15.2 Å². The SMILES string of the molecule is CCCCNc1nnc(SC(C)C(=O)Nc2nc(-c3ccccc3)cs2)s1. The molecule has 0 saturated heterocycles. The summed E-state index contributed by atoms with van der Waals surface area (Å²) in [5.41, 5.74) is 1.90. The fourth-order valence-electron chi connectivity index (χ4n) is 2.19. The van der Waals surface area contributed by atoms with Gasteiger partial charge in [-0.1, -0.05) is 66.8 Å². The summed E-state index contributed by atoms with van der Waals surface area (Å²) < 4.78 is 0.778. The van der Waals surface area contributed by atoms with Crippen LogP contribution in [0.3, 0.4) is 0 Å².